The Balaban J connectivity index is 1.63. The van der Waals surface area contributed by atoms with Crippen LogP contribution in [0.1, 0.15) is 17.2 Å². The summed E-state index contributed by atoms with van der Waals surface area (Å²) in [6, 6.07) is 12.9. The molecule has 0 aromatic heterocycles. The van der Waals surface area contributed by atoms with Gasteiger partial charge in [0, 0.05) is 23.4 Å². The Morgan fingerprint density at radius 2 is 1.84 bits per heavy atom. The first-order chi connectivity index (χ1) is 15.4. The molecule has 32 heavy (non-hydrogen) atoms. The molecule has 3 aliphatic heterocycles. The number of halogens is 1. The molecule has 0 unspecified atom stereocenters. The maximum Gasteiger partial charge on any atom is 0.250 e. The van der Waals surface area contributed by atoms with Crippen molar-refractivity contribution in [3.63, 3.8) is 0 Å². The number of rotatable bonds is 5. The molecular formula is C23H22ClN3O5. The van der Waals surface area contributed by atoms with E-state index in [0.29, 0.717) is 21.8 Å². The molecule has 0 saturated carbocycles. The van der Waals surface area contributed by atoms with E-state index in [1.165, 1.54) is 7.11 Å². The average Bonchev–Trinajstić information content (AvgIpc) is 3.38. The number of fused-ring (bicyclic) bond motifs is 4. The van der Waals surface area contributed by atoms with Crippen molar-refractivity contribution in [1.82, 2.24) is 10.2 Å². The van der Waals surface area contributed by atoms with Gasteiger partial charge in [0.25, 0.3) is 0 Å². The number of amides is 3. The molecule has 0 aliphatic carbocycles. The second-order valence-corrected chi connectivity index (χ2v) is 8.74. The summed E-state index contributed by atoms with van der Waals surface area (Å²) in [5.74, 6) is -3.17. The minimum absolute atomic E-state index is 0.0876. The quantitative estimate of drug-likeness (QED) is 0.589. The fraction of sp³-hybridized carbons (Fsp3) is 0.348. The molecular weight excluding hydrogens is 434 g/mol. The predicted octanol–water partition coefficient (Wildman–Crippen LogP) is 1.44. The summed E-state index contributed by atoms with van der Waals surface area (Å²) in [4.78, 5) is 41.4. The van der Waals surface area contributed by atoms with Crippen molar-refractivity contribution in [1.29, 1.82) is 0 Å². The second-order valence-electron chi connectivity index (χ2n) is 8.30. The number of likely N-dealkylation sites (tertiary alicyclic amines) is 1. The molecule has 3 aliphatic rings. The fourth-order valence-corrected chi connectivity index (χ4v) is 5.41. The first-order valence-electron chi connectivity index (χ1n) is 10.4. The van der Waals surface area contributed by atoms with E-state index in [1.54, 1.807) is 48.5 Å². The Labute approximate surface area is 189 Å². The van der Waals surface area contributed by atoms with E-state index in [4.69, 9.17) is 16.3 Å². The van der Waals surface area contributed by atoms with Crippen LogP contribution in [0.4, 0.5) is 5.69 Å². The standard InChI is InChI=1S/C23H22ClN3O5/c1-32-11-10-27-20(29)16-17(21(27)30)23(14-4-2-3-5-15(14)25-22(23)31)26-18(16)19(28)12-6-8-13(24)9-7-12/h2-9,16-19,26,28H,10-11H2,1H3,(H,25,31)/t16-,17-,18-,19-,23-/m0/s1. The molecule has 2 aromatic carbocycles. The highest BCUT2D eigenvalue weighted by atomic mass is 35.5. The molecule has 3 N–H and O–H groups in total. The van der Waals surface area contributed by atoms with Gasteiger partial charge >= 0.3 is 0 Å². The van der Waals surface area contributed by atoms with Gasteiger partial charge in [0.1, 0.15) is 5.54 Å². The van der Waals surface area contributed by atoms with Gasteiger partial charge in [-0.1, -0.05) is 41.9 Å². The van der Waals surface area contributed by atoms with Crippen molar-refractivity contribution in [3.05, 3.63) is 64.7 Å². The molecule has 8 nitrogen and oxygen atoms in total. The molecule has 1 spiro atoms. The zero-order valence-electron chi connectivity index (χ0n) is 17.2. The molecule has 0 radical (unpaired) electrons. The molecule has 2 aromatic rings. The highest BCUT2D eigenvalue weighted by Crippen LogP contribution is 2.54. The van der Waals surface area contributed by atoms with Gasteiger partial charge in [-0.15, -0.1) is 0 Å². The normalized spacial score (nSPS) is 29.4. The van der Waals surface area contributed by atoms with Crippen LogP contribution >= 0.6 is 11.6 Å². The lowest BCUT2D eigenvalue weighted by Gasteiger charge is -2.30. The van der Waals surface area contributed by atoms with Gasteiger partial charge in [0.15, 0.2) is 0 Å². The number of ether oxygens (including phenoxy) is 1. The van der Waals surface area contributed by atoms with Crippen LogP contribution < -0.4 is 10.6 Å². The number of aliphatic hydroxyl groups is 1. The third kappa shape index (κ3) is 2.84. The van der Waals surface area contributed by atoms with Crippen molar-refractivity contribution in [2.24, 2.45) is 11.8 Å². The highest BCUT2D eigenvalue weighted by molar-refractivity contribution is 6.30. The number of aliphatic hydroxyl groups excluding tert-OH is 1. The summed E-state index contributed by atoms with van der Waals surface area (Å²) < 4.78 is 5.07. The minimum Gasteiger partial charge on any atom is -0.387 e. The maximum atomic E-state index is 13.5. The van der Waals surface area contributed by atoms with Crippen molar-refractivity contribution in [2.75, 3.05) is 25.6 Å². The summed E-state index contributed by atoms with van der Waals surface area (Å²) in [5, 5.41) is 17.8. The lowest BCUT2D eigenvalue weighted by atomic mass is 9.76. The number of hydrogen-bond donors (Lipinski definition) is 3. The summed E-state index contributed by atoms with van der Waals surface area (Å²) in [6.07, 6.45) is -1.14. The monoisotopic (exact) mass is 455 g/mol. The number of nitrogens with zero attached hydrogens (tertiary/aromatic N) is 1. The van der Waals surface area contributed by atoms with Crippen LogP contribution in [0.5, 0.6) is 0 Å². The zero-order valence-corrected chi connectivity index (χ0v) is 18.0. The number of hydrogen-bond acceptors (Lipinski definition) is 6. The van der Waals surface area contributed by atoms with E-state index in [1.807, 2.05) is 0 Å². The number of nitrogens with one attached hydrogen (secondary N) is 2. The van der Waals surface area contributed by atoms with Crippen LogP contribution in [0, 0.1) is 11.8 Å². The second kappa shape index (κ2) is 7.67. The summed E-state index contributed by atoms with van der Waals surface area (Å²) in [5.41, 5.74) is 0.264. The number of carbonyl (C=O) groups excluding carboxylic acids is 3. The van der Waals surface area contributed by atoms with Crippen molar-refractivity contribution in [2.45, 2.75) is 17.7 Å². The van der Waals surface area contributed by atoms with Gasteiger partial charge in [-0.25, -0.2) is 0 Å². The van der Waals surface area contributed by atoms with E-state index < -0.39 is 47.2 Å². The van der Waals surface area contributed by atoms with Gasteiger partial charge in [-0.05, 0) is 23.8 Å². The topological polar surface area (TPSA) is 108 Å². The Morgan fingerprint density at radius 1 is 1.12 bits per heavy atom. The third-order valence-electron chi connectivity index (χ3n) is 6.72. The van der Waals surface area contributed by atoms with Crippen LogP contribution in [0.3, 0.4) is 0 Å². The van der Waals surface area contributed by atoms with Gasteiger partial charge in [-0.2, -0.15) is 0 Å². The molecule has 3 heterocycles. The Morgan fingerprint density at radius 3 is 2.56 bits per heavy atom. The van der Waals surface area contributed by atoms with Crippen molar-refractivity contribution < 1.29 is 24.2 Å². The number of methoxy groups -OCH3 is 1. The SMILES string of the molecule is COCCN1C(=O)[C@@H]2[C@@H]([C@@H](O)c3ccc(Cl)cc3)N[C@]3(C(=O)Nc4ccccc43)[C@@H]2C1=O. The smallest absolute Gasteiger partial charge is 0.250 e. The number of para-hydroxylation sites is 1. The molecule has 9 heteroatoms. The summed E-state index contributed by atoms with van der Waals surface area (Å²) >= 11 is 5.98. The third-order valence-corrected chi connectivity index (χ3v) is 6.97. The molecule has 5 rings (SSSR count). The van der Waals surface area contributed by atoms with E-state index in [-0.39, 0.29) is 13.2 Å². The van der Waals surface area contributed by atoms with Crippen molar-refractivity contribution >= 4 is 35.0 Å². The number of imide groups is 1. The predicted molar refractivity (Wildman–Crippen MR) is 116 cm³/mol. The number of anilines is 1. The molecule has 0 bridgehead atoms. The van der Waals surface area contributed by atoms with E-state index in [0.717, 1.165) is 4.90 Å². The highest BCUT2D eigenvalue weighted by Gasteiger charge is 2.71. The van der Waals surface area contributed by atoms with Gasteiger partial charge < -0.3 is 15.2 Å². The van der Waals surface area contributed by atoms with E-state index >= 15 is 0 Å². The van der Waals surface area contributed by atoms with Gasteiger partial charge in [-0.3, -0.25) is 24.6 Å². The van der Waals surface area contributed by atoms with E-state index in [9.17, 15) is 19.5 Å². The molecule has 3 amide bonds. The lowest BCUT2D eigenvalue weighted by Crippen LogP contribution is -2.54. The Kier molecular flexibility index (Phi) is 5.05. The molecule has 166 valence electrons. The van der Waals surface area contributed by atoms with Crippen LogP contribution in [-0.2, 0) is 24.7 Å². The van der Waals surface area contributed by atoms with Crippen LogP contribution in [-0.4, -0.2) is 54.0 Å². The molecule has 2 saturated heterocycles. The first kappa shape index (κ1) is 21.1. The number of benzene rings is 2. The molecule has 5 atom stereocenters. The lowest BCUT2D eigenvalue weighted by molar-refractivity contribution is -0.143. The fourth-order valence-electron chi connectivity index (χ4n) is 5.29. The van der Waals surface area contributed by atoms with Gasteiger partial charge in [0.05, 0.1) is 37.1 Å². The van der Waals surface area contributed by atoms with Crippen LogP contribution in [0.15, 0.2) is 48.5 Å². The van der Waals surface area contributed by atoms with E-state index in [2.05, 4.69) is 10.6 Å². The largest absolute Gasteiger partial charge is 0.387 e. The number of carbonyl (C=O) groups is 3. The van der Waals surface area contributed by atoms with Crippen LogP contribution in [0.25, 0.3) is 0 Å². The van der Waals surface area contributed by atoms with Gasteiger partial charge in [0.2, 0.25) is 17.7 Å². The summed E-state index contributed by atoms with van der Waals surface area (Å²) in [6.45, 7) is 0.273. The Hall–Kier alpha value is -2.78. The Bertz CT molecular complexity index is 1110. The van der Waals surface area contributed by atoms with Crippen molar-refractivity contribution in [3.8, 4) is 0 Å². The maximum absolute atomic E-state index is 13.5. The summed E-state index contributed by atoms with van der Waals surface area (Å²) in [7, 11) is 1.49. The average molecular weight is 456 g/mol. The molecule has 2 fully saturated rings. The minimum atomic E-state index is -1.45. The first-order valence-corrected chi connectivity index (χ1v) is 10.7. The van der Waals surface area contributed by atoms with Crippen LogP contribution in [0.2, 0.25) is 5.02 Å². The zero-order chi connectivity index (χ0) is 22.6.